The van der Waals surface area contributed by atoms with Gasteiger partial charge in [-0.3, -0.25) is 14.8 Å². The SMILES string of the molecule is Cc1nn(C)c(C)c1C1CCCN1c1ccc(S(=O)(=O)N2CCCCC2)cc1[N+](=O)[O-]. The lowest BCUT2D eigenvalue weighted by molar-refractivity contribution is -0.384. The van der Waals surface area contributed by atoms with Gasteiger partial charge in [0.15, 0.2) is 0 Å². The van der Waals surface area contributed by atoms with Crippen LogP contribution in [0.15, 0.2) is 23.1 Å². The maximum Gasteiger partial charge on any atom is 0.293 e. The first-order valence-corrected chi connectivity index (χ1v) is 12.2. The summed E-state index contributed by atoms with van der Waals surface area (Å²) in [6.07, 6.45) is 4.42. The van der Waals surface area contributed by atoms with Gasteiger partial charge in [0.2, 0.25) is 10.0 Å². The molecule has 0 N–H and O–H groups in total. The minimum absolute atomic E-state index is 0.00524. The average Bonchev–Trinajstić information content (AvgIpc) is 3.31. The number of sulfonamides is 1. The Balaban J connectivity index is 1.74. The number of nitro benzene ring substituents is 1. The molecule has 1 atom stereocenters. The fraction of sp³-hybridized carbons (Fsp3) is 0.571. The van der Waals surface area contributed by atoms with Crippen LogP contribution >= 0.6 is 0 Å². The van der Waals surface area contributed by atoms with Gasteiger partial charge in [0.05, 0.1) is 21.6 Å². The van der Waals surface area contributed by atoms with Crippen molar-refractivity contribution in [1.29, 1.82) is 0 Å². The highest BCUT2D eigenvalue weighted by atomic mass is 32.2. The van der Waals surface area contributed by atoms with Crippen LogP contribution in [0.1, 0.15) is 55.1 Å². The Hall–Kier alpha value is -2.46. The molecule has 168 valence electrons. The van der Waals surface area contributed by atoms with Crippen molar-refractivity contribution >= 4 is 21.4 Å². The number of nitro groups is 1. The fourth-order valence-corrected chi connectivity index (χ4v) is 6.47. The van der Waals surface area contributed by atoms with Crippen molar-refractivity contribution < 1.29 is 13.3 Å². The van der Waals surface area contributed by atoms with E-state index in [1.54, 1.807) is 6.07 Å². The van der Waals surface area contributed by atoms with Crippen LogP contribution < -0.4 is 4.90 Å². The van der Waals surface area contributed by atoms with E-state index >= 15 is 0 Å². The standard InChI is InChI=1S/C21H29N5O4S/c1-15-21(16(2)23(3)22-15)19-8-7-13-25(19)18-10-9-17(14-20(18)26(27)28)31(29,30)24-11-5-4-6-12-24/h9-10,14,19H,4-8,11-13H2,1-3H3. The highest BCUT2D eigenvalue weighted by molar-refractivity contribution is 7.89. The van der Waals surface area contributed by atoms with Crippen molar-refractivity contribution in [3.05, 3.63) is 45.3 Å². The van der Waals surface area contributed by atoms with Gasteiger partial charge < -0.3 is 4.90 Å². The van der Waals surface area contributed by atoms with Gasteiger partial charge in [-0.1, -0.05) is 6.42 Å². The minimum atomic E-state index is -3.74. The van der Waals surface area contributed by atoms with Crippen LogP contribution in [0.25, 0.3) is 0 Å². The van der Waals surface area contributed by atoms with Crippen LogP contribution in [0.2, 0.25) is 0 Å². The lowest BCUT2D eigenvalue weighted by Crippen LogP contribution is -2.35. The highest BCUT2D eigenvalue weighted by Gasteiger charge is 2.35. The van der Waals surface area contributed by atoms with Crippen molar-refractivity contribution in [2.75, 3.05) is 24.5 Å². The summed E-state index contributed by atoms with van der Waals surface area (Å²) in [5, 5.41) is 16.5. The van der Waals surface area contributed by atoms with Gasteiger partial charge in [-0.25, -0.2) is 8.42 Å². The molecule has 10 heteroatoms. The van der Waals surface area contributed by atoms with E-state index in [-0.39, 0.29) is 16.6 Å². The van der Waals surface area contributed by atoms with Gasteiger partial charge in [-0.15, -0.1) is 0 Å². The van der Waals surface area contributed by atoms with Gasteiger partial charge >= 0.3 is 0 Å². The maximum absolute atomic E-state index is 13.1. The minimum Gasteiger partial charge on any atom is -0.359 e. The zero-order chi connectivity index (χ0) is 22.3. The molecule has 0 saturated carbocycles. The molecule has 2 aliphatic rings. The number of piperidine rings is 1. The summed E-state index contributed by atoms with van der Waals surface area (Å²) < 4.78 is 29.4. The third kappa shape index (κ3) is 3.82. The summed E-state index contributed by atoms with van der Waals surface area (Å²) in [7, 11) is -1.84. The Kier molecular flexibility index (Phi) is 5.78. The Labute approximate surface area is 182 Å². The van der Waals surface area contributed by atoms with Crippen molar-refractivity contribution in [3.8, 4) is 0 Å². The number of hydrogen-bond acceptors (Lipinski definition) is 6. The normalized spacial score (nSPS) is 20.4. The molecule has 0 radical (unpaired) electrons. The Morgan fingerprint density at radius 2 is 1.81 bits per heavy atom. The molecular weight excluding hydrogens is 418 g/mol. The number of aromatic nitrogens is 2. The Morgan fingerprint density at radius 1 is 1.10 bits per heavy atom. The van der Waals surface area contributed by atoms with E-state index in [4.69, 9.17) is 0 Å². The number of rotatable bonds is 5. The van der Waals surface area contributed by atoms with Crippen LogP contribution in [-0.2, 0) is 17.1 Å². The molecule has 0 spiro atoms. The van der Waals surface area contributed by atoms with E-state index in [1.807, 2.05) is 30.5 Å². The Bertz CT molecular complexity index is 1110. The predicted octanol–water partition coefficient (Wildman–Crippen LogP) is 3.46. The summed E-state index contributed by atoms with van der Waals surface area (Å²) in [5.74, 6) is 0. The average molecular weight is 448 g/mol. The van der Waals surface area contributed by atoms with E-state index in [1.165, 1.54) is 16.4 Å². The summed E-state index contributed by atoms with van der Waals surface area (Å²) >= 11 is 0. The summed E-state index contributed by atoms with van der Waals surface area (Å²) in [6, 6.07) is 4.34. The first kappa shape index (κ1) is 21.8. The number of aryl methyl sites for hydroxylation is 2. The van der Waals surface area contributed by atoms with E-state index < -0.39 is 14.9 Å². The molecule has 2 saturated heterocycles. The molecule has 0 bridgehead atoms. The van der Waals surface area contributed by atoms with Crippen LogP contribution in [0.3, 0.4) is 0 Å². The topological polar surface area (TPSA) is 102 Å². The molecule has 9 nitrogen and oxygen atoms in total. The zero-order valence-corrected chi connectivity index (χ0v) is 19.1. The lowest BCUT2D eigenvalue weighted by atomic mass is 10.0. The van der Waals surface area contributed by atoms with Crippen molar-refractivity contribution in [2.45, 2.75) is 56.9 Å². The van der Waals surface area contributed by atoms with Crippen molar-refractivity contribution in [2.24, 2.45) is 7.05 Å². The molecular formula is C21H29N5O4S. The fourth-order valence-electron chi connectivity index (χ4n) is 4.93. The number of nitrogens with zero attached hydrogens (tertiary/aromatic N) is 5. The van der Waals surface area contributed by atoms with E-state index in [9.17, 15) is 18.5 Å². The maximum atomic E-state index is 13.1. The number of hydrogen-bond donors (Lipinski definition) is 0. The first-order chi connectivity index (χ1) is 14.7. The van der Waals surface area contributed by atoms with Gasteiger partial charge in [-0.2, -0.15) is 9.40 Å². The third-order valence-electron chi connectivity index (χ3n) is 6.56. The number of benzene rings is 1. The van der Waals surface area contributed by atoms with E-state index in [0.29, 0.717) is 25.3 Å². The molecule has 2 aromatic rings. The third-order valence-corrected chi connectivity index (χ3v) is 8.45. The molecule has 1 aromatic carbocycles. The predicted molar refractivity (Wildman–Crippen MR) is 118 cm³/mol. The van der Waals surface area contributed by atoms with Crippen molar-refractivity contribution in [3.63, 3.8) is 0 Å². The zero-order valence-electron chi connectivity index (χ0n) is 18.2. The van der Waals surface area contributed by atoms with Gasteiger partial charge in [-0.05, 0) is 51.7 Å². The summed E-state index contributed by atoms with van der Waals surface area (Å²) in [5.41, 5.74) is 3.36. The molecule has 4 rings (SSSR count). The van der Waals surface area contributed by atoms with Crippen LogP contribution in [0, 0.1) is 24.0 Å². The van der Waals surface area contributed by atoms with Crippen LogP contribution in [-0.4, -0.2) is 47.1 Å². The van der Waals surface area contributed by atoms with Crippen LogP contribution in [0.5, 0.6) is 0 Å². The molecule has 0 amide bonds. The lowest BCUT2D eigenvalue weighted by Gasteiger charge is -2.28. The second kappa shape index (κ2) is 8.23. The van der Waals surface area contributed by atoms with Crippen LogP contribution in [0.4, 0.5) is 11.4 Å². The monoisotopic (exact) mass is 447 g/mol. The van der Waals surface area contributed by atoms with Gasteiger partial charge in [0.25, 0.3) is 5.69 Å². The smallest absolute Gasteiger partial charge is 0.293 e. The largest absolute Gasteiger partial charge is 0.359 e. The van der Waals surface area contributed by atoms with Gasteiger partial charge in [0, 0.05) is 44.0 Å². The first-order valence-electron chi connectivity index (χ1n) is 10.8. The quantitative estimate of drug-likeness (QED) is 0.514. The molecule has 1 aromatic heterocycles. The summed E-state index contributed by atoms with van der Waals surface area (Å²) in [4.78, 5) is 13.5. The second-order valence-corrected chi connectivity index (χ2v) is 10.4. The Morgan fingerprint density at radius 3 is 2.42 bits per heavy atom. The molecule has 1 unspecified atom stereocenters. The van der Waals surface area contributed by atoms with Crippen molar-refractivity contribution in [1.82, 2.24) is 14.1 Å². The van der Waals surface area contributed by atoms with E-state index in [2.05, 4.69) is 5.10 Å². The number of anilines is 1. The molecule has 31 heavy (non-hydrogen) atoms. The van der Waals surface area contributed by atoms with E-state index in [0.717, 1.165) is 49.1 Å². The molecule has 2 aliphatic heterocycles. The van der Waals surface area contributed by atoms with Gasteiger partial charge in [0.1, 0.15) is 5.69 Å². The summed E-state index contributed by atoms with van der Waals surface area (Å²) in [6.45, 7) is 5.57. The molecule has 0 aliphatic carbocycles. The highest BCUT2D eigenvalue weighted by Crippen LogP contribution is 2.43. The second-order valence-electron chi connectivity index (χ2n) is 8.43. The molecule has 3 heterocycles. The molecule has 2 fully saturated rings.